The highest BCUT2D eigenvalue weighted by Crippen LogP contribution is 2.26. The fourth-order valence-electron chi connectivity index (χ4n) is 2.16. The standard InChI is InChI=1S/C15H17Cl2N3/c1-9-3-4-10(2)11(5-9)6-14(20-18)15-13(17)7-12(16)8-19-15/h3-5,7-8,14,20H,6,18H2,1-2H3. The summed E-state index contributed by atoms with van der Waals surface area (Å²) in [4.78, 5) is 4.29. The van der Waals surface area contributed by atoms with Gasteiger partial charge in [0.1, 0.15) is 0 Å². The van der Waals surface area contributed by atoms with Crippen molar-refractivity contribution in [3.05, 3.63) is 62.9 Å². The van der Waals surface area contributed by atoms with Crippen LogP contribution in [0, 0.1) is 13.8 Å². The molecule has 3 nitrogen and oxygen atoms in total. The molecule has 0 aliphatic rings. The van der Waals surface area contributed by atoms with Gasteiger partial charge < -0.3 is 0 Å². The molecule has 0 bridgehead atoms. The van der Waals surface area contributed by atoms with E-state index in [-0.39, 0.29) is 6.04 Å². The second-order valence-corrected chi connectivity index (χ2v) is 5.72. The number of pyridine rings is 1. The molecule has 2 rings (SSSR count). The van der Waals surface area contributed by atoms with Crippen molar-refractivity contribution >= 4 is 23.2 Å². The average Bonchev–Trinajstić information content (AvgIpc) is 2.40. The third kappa shape index (κ3) is 3.49. The molecule has 1 aromatic carbocycles. The molecule has 2 aromatic rings. The first kappa shape index (κ1) is 15.3. The smallest absolute Gasteiger partial charge is 0.0777 e. The molecule has 3 N–H and O–H groups in total. The number of aromatic nitrogens is 1. The first-order chi connectivity index (χ1) is 9.51. The predicted molar refractivity (Wildman–Crippen MR) is 83.9 cm³/mol. The highest BCUT2D eigenvalue weighted by atomic mass is 35.5. The number of hydrogen-bond donors (Lipinski definition) is 2. The Morgan fingerprint density at radius 2 is 2.00 bits per heavy atom. The molecule has 5 heteroatoms. The van der Waals surface area contributed by atoms with Gasteiger partial charge in [0.2, 0.25) is 0 Å². The zero-order valence-corrected chi connectivity index (χ0v) is 13.0. The van der Waals surface area contributed by atoms with Crippen LogP contribution >= 0.6 is 23.2 Å². The van der Waals surface area contributed by atoms with Gasteiger partial charge in [0, 0.05) is 6.20 Å². The summed E-state index contributed by atoms with van der Waals surface area (Å²) in [6.07, 6.45) is 2.30. The van der Waals surface area contributed by atoms with Gasteiger partial charge >= 0.3 is 0 Å². The van der Waals surface area contributed by atoms with Gasteiger partial charge in [-0.25, -0.2) is 0 Å². The molecule has 0 fully saturated rings. The van der Waals surface area contributed by atoms with E-state index in [1.165, 1.54) is 16.7 Å². The van der Waals surface area contributed by atoms with Gasteiger partial charge in [-0.2, -0.15) is 0 Å². The molecule has 0 spiro atoms. The first-order valence-electron chi connectivity index (χ1n) is 6.34. The quantitative estimate of drug-likeness (QED) is 0.668. The Morgan fingerprint density at radius 1 is 1.25 bits per heavy atom. The first-order valence-corrected chi connectivity index (χ1v) is 7.10. The zero-order valence-electron chi connectivity index (χ0n) is 11.5. The van der Waals surface area contributed by atoms with Crippen LogP contribution < -0.4 is 11.3 Å². The molecule has 0 radical (unpaired) electrons. The van der Waals surface area contributed by atoms with E-state index in [0.717, 1.165) is 6.42 Å². The predicted octanol–water partition coefficient (Wildman–Crippen LogP) is 3.75. The lowest BCUT2D eigenvalue weighted by Crippen LogP contribution is -2.30. The Hall–Kier alpha value is -1.13. The van der Waals surface area contributed by atoms with E-state index in [1.807, 2.05) is 0 Å². The van der Waals surface area contributed by atoms with E-state index in [9.17, 15) is 0 Å². The van der Waals surface area contributed by atoms with Crippen molar-refractivity contribution < 1.29 is 0 Å². The zero-order chi connectivity index (χ0) is 14.7. The topological polar surface area (TPSA) is 50.9 Å². The van der Waals surface area contributed by atoms with Crippen LogP contribution in [-0.2, 0) is 6.42 Å². The van der Waals surface area contributed by atoms with Crippen molar-refractivity contribution in [2.45, 2.75) is 26.3 Å². The van der Waals surface area contributed by atoms with Crippen LogP contribution in [0.2, 0.25) is 10.0 Å². The van der Waals surface area contributed by atoms with Crippen molar-refractivity contribution in [2.75, 3.05) is 0 Å². The summed E-state index contributed by atoms with van der Waals surface area (Å²) in [5, 5.41) is 1.03. The average molecular weight is 310 g/mol. The van der Waals surface area contributed by atoms with Gasteiger partial charge in [-0.3, -0.25) is 16.3 Å². The maximum atomic E-state index is 6.20. The molecular weight excluding hydrogens is 293 g/mol. The van der Waals surface area contributed by atoms with E-state index < -0.39 is 0 Å². The summed E-state index contributed by atoms with van der Waals surface area (Å²) < 4.78 is 0. The summed E-state index contributed by atoms with van der Waals surface area (Å²) in [6, 6.07) is 7.88. The van der Waals surface area contributed by atoms with Crippen LogP contribution in [0.25, 0.3) is 0 Å². The summed E-state index contributed by atoms with van der Waals surface area (Å²) in [7, 11) is 0. The third-order valence-electron chi connectivity index (χ3n) is 3.30. The van der Waals surface area contributed by atoms with Gasteiger partial charge in [-0.15, -0.1) is 0 Å². The van der Waals surface area contributed by atoms with E-state index in [4.69, 9.17) is 29.0 Å². The number of hydrogen-bond acceptors (Lipinski definition) is 3. The largest absolute Gasteiger partial charge is 0.271 e. The summed E-state index contributed by atoms with van der Waals surface area (Å²) in [5.41, 5.74) is 7.16. The van der Waals surface area contributed by atoms with Crippen molar-refractivity contribution in [1.82, 2.24) is 10.4 Å². The van der Waals surface area contributed by atoms with Crippen molar-refractivity contribution in [2.24, 2.45) is 5.84 Å². The molecule has 106 valence electrons. The number of hydrazine groups is 1. The minimum absolute atomic E-state index is 0.153. The van der Waals surface area contributed by atoms with E-state index in [1.54, 1.807) is 12.3 Å². The van der Waals surface area contributed by atoms with Gasteiger partial charge in [0.15, 0.2) is 0 Å². The lowest BCUT2D eigenvalue weighted by molar-refractivity contribution is 0.537. The maximum Gasteiger partial charge on any atom is 0.0777 e. The minimum atomic E-state index is -0.153. The van der Waals surface area contributed by atoms with E-state index in [2.05, 4.69) is 42.5 Å². The van der Waals surface area contributed by atoms with Gasteiger partial charge in [-0.1, -0.05) is 47.0 Å². The van der Waals surface area contributed by atoms with Crippen molar-refractivity contribution in [3.8, 4) is 0 Å². The minimum Gasteiger partial charge on any atom is -0.271 e. The van der Waals surface area contributed by atoms with Crippen molar-refractivity contribution in [1.29, 1.82) is 0 Å². The highest BCUT2D eigenvalue weighted by molar-refractivity contribution is 6.34. The number of nitrogens with zero attached hydrogens (tertiary/aromatic N) is 1. The number of aryl methyl sites for hydroxylation is 2. The summed E-state index contributed by atoms with van der Waals surface area (Å²) >= 11 is 12.1. The molecule has 0 aliphatic carbocycles. The summed E-state index contributed by atoms with van der Waals surface area (Å²) in [5.74, 6) is 5.67. The molecule has 20 heavy (non-hydrogen) atoms. The number of rotatable bonds is 4. The van der Waals surface area contributed by atoms with Crippen LogP contribution in [0.5, 0.6) is 0 Å². The highest BCUT2D eigenvalue weighted by Gasteiger charge is 2.17. The van der Waals surface area contributed by atoms with Crippen LogP contribution in [0.1, 0.15) is 28.4 Å². The van der Waals surface area contributed by atoms with Crippen molar-refractivity contribution in [3.63, 3.8) is 0 Å². The maximum absolute atomic E-state index is 6.20. The number of halogens is 2. The Kier molecular flexibility index (Phi) is 5.00. The molecule has 1 heterocycles. The number of nitrogens with one attached hydrogen (secondary N) is 1. The second kappa shape index (κ2) is 6.55. The lowest BCUT2D eigenvalue weighted by atomic mass is 9.97. The number of benzene rings is 1. The van der Waals surface area contributed by atoms with Crippen LogP contribution in [0.3, 0.4) is 0 Å². The van der Waals surface area contributed by atoms with Crippen LogP contribution in [-0.4, -0.2) is 4.98 Å². The molecule has 0 saturated heterocycles. The SMILES string of the molecule is Cc1ccc(C)c(CC(NN)c2ncc(Cl)cc2Cl)c1. The molecule has 0 saturated carbocycles. The summed E-state index contributed by atoms with van der Waals surface area (Å²) in [6.45, 7) is 4.15. The monoisotopic (exact) mass is 309 g/mol. The van der Waals surface area contributed by atoms with E-state index in [0.29, 0.717) is 15.7 Å². The van der Waals surface area contributed by atoms with Gasteiger partial charge in [0.25, 0.3) is 0 Å². The Morgan fingerprint density at radius 3 is 2.65 bits per heavy atom. The lowest BCUT2D eigenvalue weighted by Gasteiger charge is -2.18. The van der Waals surface area contributed by atoms with E-state index >= 15 is 0 Å². The molecule has 1 aromatic heterocycles. The van der Waals surface area contributed by atoms with Gasteiger partial charge in [0.05, 0.1) is 21.8 Å². The third-order valence-corrected chi connectivity index (χ3v) is 3.81. The normalized spacial score (nSPS) is 12.4. The van der Waals surface area contributed by atoms with Crippen LogP contribution in [0.15, 0.2) is 30.5 Å². The fraction of sp³-hybridized carbons (Fsp3) is 0.267. The number of nitrogens with two attached hydrogens (primary N) is 1. The molecular formula is C15H17Cl2N3. The Balaban J connectivity index is 2.31. The fourth-order valence-corrected chi connectivity index (χ4v) is 2.67. The molecule has 1 atom stereocenters. The second-order valence-electron chi connectivity index (χ2n) is 4.87. The Labute approximate surface area is 129 Å². The molecule has 0 aliphatic heterocycles. The molecule has 1 unspecified atom stereocenters. The Bertz CT molecular complexity index is 614. The molecule has 0 amide bonds. The van der Waals surface area contributed by atoms with Gasteiger partial charge in [-0.05, 0) is 37.5 Å². The van der Waals surface area contributed by atoms with Crippen LogP contribution in [0.4, 0.5) is 0 Å².